The van der Waals surface area contributed by atoms with Crippen LogP contribution in [0.1, 0.15) is 0 Å². The fraction of sp³-hybridized carbons (Fsp3) is 0. The van der Waals surface area contributed by atoms with Crippen molar-refractivity contribution in [1.29, 1.82) is 0 Å². The summed E-state index contributed by atoms with van der Waals surface area (Å²) in [6.07, 6.45) is 0. The maximum absolute atomic E-state index is 6.32. The van der Waals surface area contributed by atoms with Crippen molar-refractivity contribution in [2.45, 2.75) is 0 Å². The second kappa shape index (κ2) is 11.4. The summed E-state index contributed by atoms with van der Waals surface area (Å²) in [6.45, 7) is 0. The minimum atomic E-state index is 0.544. The van der Waals surface area contributed by atoms with Gasteiger partial charge in [0.25, 0.3) is 0 Å². The Hall–Kier alpha value is -6.92. The summed E-state index contributed by atoms with van der Waals surface area (Å²) in [5, 5.41) is 4.23. The molecule has 0 amide bonds. The highest BCUT2D eigenvalue weighted by atomic mass is 16.4. The molecule has 10 rings (SSSR count). The molecule has 3 heterocycles. The van der Waals surface area contributed by atoms with Gasteiger partial charge in [-0.1, -0.05) is 121 Å². The summed E-state index contributed by atoms with van der Waals surface area (Å²) in [4.78, 5) is 19.8. The highest BCUT2D eigenvalue weighted by Gasteiger charge is 2.18. The third kappa shape index (κ3) is 4.65. The largest absolute Gasteiger partial charge is 0.454 e. The maximum Gasteiger partial charge on any atom is 0.227 e. The average Bonchev–Trinajstić information content (AvgIpc) is 3.80. The molecule has 0 N–H and O–H groups in total. The van der Waals surface area contributed by atoms with Crippen molar-refractivity contribution in [1.82, 2.24) is 19.9 Å². The van der Waals surface area contributed by atoms with Crippen molar-refractivity contribution in [3.05, 3.63) is 158 Å². The van der Waals surface area contributed by atoms with Crippen molar-refractivity contribution in [2.75, 3.05) is 0 Å². The summed E-state index contributed by atoms with van der Waals surface area (Å²) in [5.74, 6) is 2.43. The number of fused-ring (bicyclic) bond motifs is 6. The number of aromatic nitrogens is 4. The first kappa shape index (κ1) is 28.1. The molecule has 0 aliphatic carbocycles. The standard InChI is InChI=1S/C44H26N4O2/c1-3-12-27(13-4-1)41-46-42(28-14-5-2-6-15-28)48-43(47-41)36-23-22-31(32-18-7-8-19-33(32)36)29-16-11-17-30(26-29)44-45-39-38(50-44)25-24-35-34-20-9-10-21-37(34)49-40(35)39/h1-26H. The van der Waals surface area contributed by atoms with Crippen LogP contribution in [-0.2, 0) is 0 Å². The Balaban J connectivity index is 1.10. The molecule has 0 spiro atoms. The molecular weight excluding hydrogens is 617 g/mol. The average molecular weight is 643 g/mol. The van der Waals surface area contributed by atoms with Crippen molar-refractivity contribution in [3.63, 3.8) is 0 Å². The van der Waals surface area contributed by atoms with Gasteiger partial charge >= 0.3 is 0 Å². The monoisotopic (exact) mass is 642 g/mol. The Morgan fingerprint density at radius 3 is 1.66 bits per heavy atom. The number of furan rings is 1. The van der Waals surface area contributed by atoms with Crippen LogP contribution in [-0.4, -0.2) is 19.9 Å². The molecule has 0 atom stereocenters. The van der Waals surface area contributed by atoms with Crippen LogP contribution in [0.4, 0.5) is 0 Å². The molecular formula is C44H26N4O2. The van der Waals surface area contributed by atoms with Crippen molar-refractivity contribution < 1.29 is 8.83 Å². The molecule has 0 saturated carbocycles. The smallest absolute Gasteiger partial charge is 0.227 e. The predicted molar refractivity (Wildman–Crippen MR) is 199 cm³/mol. The second-order valence-electron chi connectivity index (χ2n) is 12.2. The van der Waals surface area contributed by atoms with Gasteiger partial charge in [-0.05, 0) is 58.3 Å². The number of benzene rings is 7. The molecule has 10 aromatic rings. The lowest BCUT2D eigenvalue weighted by Crippen LogP contribution is -2.00. The number of oxazole rings is 1. The Kier molecular flexibility index (Phi) is 6.39. The van der Waals surface area contributed by atoms with E-state index in [1.54, 1.807) is 0 Å². The SMILES string of the molecule is c1ccc(-c2nc(-c3ccccc3)nc(-c3ccc(-c4cccc(-c5nc6c(ccc7c8ccccc8oc76)o5)c4)c4ccccc34)n2)cc1. The van der Waals surface area contributed by atoms with E-state index in [0.717, 1.165) is 71.6 Å². The van der Waals surface area contributed by atoms with Crippen LogP contribution >= 0.6 is 0 Å². The van der Waals surface area contributed by atoms with Crippen LogP contribution in [0.25, 0.3) is 101 Å². The molecule has 0 aliphatic rings. The molecule has 50 heavy (non-hydrogen) atoms. The topological polar surface area (TPSA) is 77.8 Å². The van der Waals surface area contributed by atoms with Gasteiger partial charge in [0.2, 0.25) is 5.89 Å². The number of para-hydroxylation sites is 1. The third-order valence-corrected chi connectivity index (χ3v) is 9.19. The van der Waals surface area contributed by atoms with E-state index in [9.17, 15) is 0 Å². The minimum Gasteiger partial charge on any atom is -0.454 e. The van der Waals surface area contributed by atoms with E-state index in [-0.39, 0.29) is 0 Å². The molecule has 3 aromatic heterocycles. The Labute approximate surface area is 286 Å². The van der Waals surface area contributed by atoms with Crippen LogP contribution in [0.3, 0.4) is 0 Å². The molecule has 7 aromatic carbocycles. The van der Waals surface area contributed by atoms with Gasteiger partial charge in [0.15, 0.2) is 34.2 Å². The van der Waals surface area contributed by atoms with Crippen LogP contribution < -0.4 is 0 Å². The van der Waals surface area contributed by atoms with E-state index in [0.29, 0.717) is 28.9 Å². The Morgan fingerprint density at radius 1 is 0.340 bits per heavy atom. The number of nitrogens with zero attached hydrogens (tertiary/aromatic N) is 4. The highest BCUT2D eigenvalue weighted by Crippen LogP contribution is 2.39. The Bertz CT molecular complexity index is 2820. The van der Waals surface area contributed by atoms with Gasteiger partial charge in [-0.15, -0.1) is 0 Å². The van der Waals surface area contributed by atoms with E-state index in [2.05, 4.69) is 54.6 Å². The number of hydrogen-bond donors (Lipinski definition) is 0. The summed E-state index contributed by atoms with van der Waals surface area (Å²) < 4.78 is 12.5. The fourth-order valence-corrected chi connectivity index (χ4v) is 6.79. The second-order valence-corrected chi connectivity index (χ2v) is 12.2. The van der Waals surface area contributed by atoms with Crippen molar-refractivity contribution in [2.24, 2.45) is 0 Å². The van der Waals surface area contributed by atoms with Gasteiger partial charge in [0, 0.05) is 33.0 Å². The van der Waals surface area contributed by atoms with E-state index < -0.39 is 0 Å². The molecule has 0 fully saturated rings. The number of hydrogen-bond acceptors (Lipinski definition) is 6. The van der Waals surface area contributed by atoms with Gasteiger partial charge in [-0.25, -0.2) is 19.9 Å². The van der Waals surface area contributed by atoms with E-state index in [1.165, 1.54) is 0 Å². The summed E-state index contributed by atoms with van der Waals surface area (Å²) in [5.41, 5.74) is 8.80. The van der Waals surface area contributed by atoms with Crippen LogP contribution in [0.5, 0.6) is 0 Å². The lowest BCUT2D eigenvalue weighted by Gasteiger charge is -2.13. The first-order valence-corrected chi connectivity index (χ1v) is 16.5. The normalized spacial score (nSPS) is 11.6. The summed E-state index contributed by atoms with van der Waals surface area (Å²) in [6, 6.07) is 53.1. The van der Waals surface area contributed by atoms with E-state index in [4.69, 9.17) is 28.8 Å². The number of rotatable bonds is 5. The first-order valence-electron chi connectivity index (χ1n) is 16.5. The predicted octanol–water partition coefficient (Wildman–Crippen LogP) is 11.4. The van der Waals surface area contributed by atoms with Gasteiger partial charge in [-0.3, -0.25) is 0 Å². The first-order chi connectivity index (χ1) is 24.8. The summed E-state index contributed by atoms with van der Waals surface area (Å²) in [7, 11) is 0. The van der Waals surface area contributed by atoms with E-state index in [1.807, 2.05) is 103 Å². The van der Waals surface area contributed by atoms with Crippen molar-refractivity contribution >= 4 is 43.8 Å². The summed E-state index contributed by atoms with van der Waals surface area (Å²) >= 11 is 0. The third-order valence-electron chi connectivity index (χ3n) is 9.19. The molecule has 0 radical (unpaired) electrons. The zero-order valence-corrected chi connectivity index (χ0v) is 26.6. The zero-order valence-electron chi connectivity index (χ0n) is 26.6. The van der Waals surface area contributed by atoms with Crippen LogP contribution in [0.2, 0.25) is 0 Å². The molecule has 0 aliphatic heterocycles. The molecule has 0 bridgehead atoms. The lowest BCUT2D eigenvalue weighted by molar-refractivity contribution is 0.620. The van der Waals surface area contributed by atoms with Crippen LogP contribution in [0.15, 0.2) is 167 Å². The van der Waals surface area contributed by atoms with Gasteiger partial charge in [0.05, 0.1) is 0 Å². The minimum absolute atomic E-state index is 0.544. The molecule has 234 valence electrons. The lowest BCUT2D eigenvalue weighted by atomic mass is 9.94. The van der Waals surface area contributed by atoms with Crippen LogP contribution in [0, 0.1) is 0 Å². The zero-order chi connectivity index (χ0) is 33.0. The molecule has 6 nitrogen and oxygen atoms in total. The van der Waals surface area contributed by atoms with E-state index >= 15 is 0 Å². The maximum atomic E-state index is 6.32. The molecule has 0 saturated heterocycles. The molecule has 0 unspecified atom stereocenters. The fourth-order valence-electron chi connectivity index (χ4n) is 6.79. The van der Waals surface area contributed by atoms with Gasteiger partial charge in [0.1, 0.15) is 5.58 Å². The quantitative estimate of drug-likeness (QED) is 0.186. The van der Waals surface area contributed by atoms with Crippen molar-refractivity contribution in [3.8, 4) is 56.7 Å². The molecule has 6 heteroatoms. The van der Waals surface area contributed by atoms with Gasteiger partial charge < -0.3 is 8.83 Å². The van der Waals surface area contributed by atoms with Gasteiger partial charge in [-0.2, -0.15) is 0 Å². The Morgan fingerprint density at radius 2 is 0.920 bits per heavy atom. The highest BCUT2D eigenvalue weighted by molar-refractivity contribution is 6.13.